The molecule has 0 saturated carbocycles. The van der Waals surface area contributed by atoms with Crippen molar-refractivity contribution in [1.29, 1.82) is 0 Å². The zero-order valence-electron chi connectivity index (χ0n) is 19.3. The largest absolute Gasteiger partial charge is 0.474 e. The van der Waals surface area contributed by atoms with Gasteiger partial charge in [-0.3, -0.25) is 9.89 Å². The number of hydrogen-bond acceptors (Lipinski definition) is 5. The number of rotatable bonds is 8. The lowest BCUT2D eigenvalue weighted by atomic mass is 10.1. The van der Waals surface area contributed by atoms with Crippen LogP contribution in [0, 0.1) is 0 Å². The number of allylic oxidation sites excluding steroid dienone is 6. The number of piperidine rings is 1. The Morgan fingerprint density at radius 3 is 2.66 bits per heavy atom. The van der Waals surface area contributed by atoms with E-state index in [1.54, 1.807) is 12.3 Å². The van der Waals surface area contributed by atoms with Crippen LogP contribution in [0.3, 0.4) is 0 Å². The molecule has 0 atom stereocenters. The van der Waals surface area contributed by atoms with Crippen molar-refractivity contribution in [2.75, 3.05) is 13.1 Å². The Morgan fingerprint density at radius 2 is 2.06 bits per heavy atom. The van der Waals surface area contributed by atoms with Crippen LogP contribution in [-0.4, -0.2) is 40.2 Å². The second-order valence-corrected chi connectivity index (χ2v) is 7.40. The maximum atomic E-state index is 11.3. The van der Waals surface area contributed by atoms with Crippen LogP contribution < -0.4 is 10.1 Å². The van der Waals surface area contributed by atoms with Crippen LogP contribution in [0.1, 0.15) is 58.1 Å². The Balaban J connectivity index is 0.000000608. The van der Waals surface area contributed by atoms with E-state index in [-0.39, 0.29) is 8.64 Å². The minimum absolute atomic E-state index is 0. The Hall–Kier alpha value is -3.25. The molecule has 0 aromatic carbocycles. The lowest BCUT2D eigenvalue weighted by Gasteiger charge is -2.23. The highest BCUT2D eigenvalue weighted by molar-refractivity contribution is 5.95. The van der Waals surface area contributed by atoms with E-state index in [1.807, 2.05) is 49.6 Å². The van der Waals surface area contributed by atoms with E-state index in [1.165, 1.54) is 12.5 Å². The standard InChI is InChI=1S/C14H16N2O.C12H18N2O.2H2/c1-4-6-7-12(5-2)8-9-13-10-15-16-14(13)11(3)17;1-2-10-3-4-12(14-9-10)15-11-5-7-13-8-6-11;;/h4-10H,1H2,2-3H3,(H,15,16);3-4,9,11,13H,2,5-8H2,1H3;2*1H/b7-6-,9-8+,12-5+;;;. The summed E-state index contributed by atoms with van der Waals surface area (Å²) in [4.78, 5) is 15.6. The number of hydrogen-bond donors (Lipinski definition) is 2. The third kappa shape index (κ3) is 8.47. The summed E-state index contributed by atoms with van der Waals surface area (Å²) in [6, 6.07) is 4.06. The number of nitrogens with zero attached hydrogens (tertiary/aromatic N) is 2. The highest BCUT2D eigenvalue weighted by Gasteiger charge is 2.14. The van der Waals surface area contributed by atoms with Gasteiger partial charge in [0.1, 0.15) is 11.8 Å². The molecule has 32 heavy (non-hydrogen) atoms. The Morgan fingerprint density at radius 1 is 1.28 bits per heavy atom. The first kappa shape index (κ1) is 25.0. The van der Waals surface area contributed by atoms with Gasteiger partial charge in [0.05, 0.1) is 6.20 Å². The van der Waals surface area contributed by atoms with Gasteiger partial charge in [0, 0.05) is 27.6 Å². The molecule has 1 aliphatic heterocycles. The van der Waals surface area contributed by atoms with Gasteiger partial charge >= 0.3 is 0 Å². The van der Waals surface area contributed by atoms with Crippen LogP contribution in [-0.2, 0) is 6.42 Å². The summed E-state index contributed by atoms with van der Waals surface area (Å²) in [5.74, 6) is 0.741. The summed E-state index contributed by atoms with van der Waals surface area (Å²) < 4.78 is 5.80. The first-order chi connectivity index (χ1) is 15.6. The molecule has 1 saturated heterocycles. The number of carbonyl (C=O) groups is 1. The molecule has 3 rings (SSSR count). The molecule has 6 nitrogen and oxygen atoms in total. The van der Waals surface area contributed by atoms with Crippen molar-refractivity contribution in [1.82, 2.24) is 20.5 Å². The number of nitrogens with one attached hydrogen (secondary N) is 2. The van der Waals surface area contributed by atoms with E-state index in [0.29, 0.717) is 11.8 Å². The molecule has 2 aromatic rings. The summed E-state index contributed by atoms with van der Waals surface area (Å²) in [5.41, 5.74) is 3.63. The van der Waals surface area contributed by atoms with E-state index in [4.69, 9.17) is 4.74 Å². The minimum atomic E-state index is -0.0224. The van der Waals surface area contributed by atoms with E-state index in [2.05, 4.69) is 40.1 Å². The Labute approximate surface area is 194 Å². The number of ketones is 1. The molecular weight excluding hydrogens is 400 g/mol. The van der Waals surface area contributed by atoms with E-state index in [0.717, 1.165) is 49.4 Å². The van der Waals surface area contributed by atoms with Gasteiger partial charge < -0.3 is 10.1 Å². The van der Waals surface area contributed by atoms with Crippen LogP contribution in [0.15, 0.2) is 67.1 Å². The predicted octanol–water partition coefficient (Wildman–Crippen LogP) is 5.58. The Bertz CT molecular complexity index is 944. The first-order valence-corrected chi connectivity index (χ1v) is 11.1. The van der Waals surface area contributed by atoms with Crippen LogP contribution >= 0.6 is 0 Å². The van der Waals surface area contributed by atoms with E-state index in [9.17, 15) is 4.79 Å². The fourth-order valence-electron chi connectivity index (χ4n) is 3.09. The second kappa shape index (κ2) is 13.9. The van der Waals surface area contributed by atoms with Crippen molar-refractivity contribution in [2.45, 2.75) is 46.1 Å². The van der Waals surface area contributed by atoms with Crippen molar-refractivity contribution in [3.8, 4) is 5.88 Å². The summed E-state index contributed by atoms with van der Waals surface area (Å²) in [7, 11) is 0. The zero-order valence-corrected chi connectivity index (χ0v) is 19.3. The van der Waals surface area contributed by atoms with Crippen molar-refractivity contribution in [3.63, 3.8) is 0 Å². The summed E-state index contributed by atoms with van der Waals surface area (Å²) in [5, 5.41) is 9.86. The fraction of sp³-hybridized carbons (Fsp3) is 0.346. The third-order valence-electron chi connectivity index (χ3n) is 5.01. The van der Waals surface area contributed by atoms with Gasteiger partial charge in [0.15, 0.2) is 5.78 Å². The molecule has 0 amide bonds. The number of Topliss-reactive ketones (excluding diaryl/α,β-unsaturated/α-hetero) is 1. The molecule has 0 aliphatic carbocycles. The van der Waals surface area contributed by atoms with Crippen molar-refractivity contribution in [3.05, 3.63) is 83.9 Å². The van der Waals surface area contributed by atoms with Crippen molar-refractivity contribution in [2.24, 2.45) is 0 Å². The fourth-order valence-corrected chi connectivity index (χ4v) is 3.09. The number of carbonyl (C=O) groups excluding carboxylic acids is 1. The number of aromatic nitrogens is 3. The number of aryl methyl sites for hydroxylation is 1. The lowest BCUT2D eigenvalue weighted by molar-refractivity contribution is 0.101. The van der Waals surface area contributed by atoms with Gasteiger partial charge in [-0.1, -0.05) is 56.0 Å². The molecule has 6 heteroatoms. The van der Waals surface area contributed by atoms with Crippen LogP contribution in [0.2, 0.25) is 0 Å². The summed E-state index contributed by atoms with van der Waals surface area (Å²) >= 11 is 0. The molecule has 0 bridgehead atoms. The topological polar surface area (TPSA) is 79.9 Å². The molecular formula is C26H38N4O2. The molecule has 1 fully saturated rings. The van der Waals surface area contributed by atoms with Gasteiger partial charge in [0.25, 0.3) is 0 Å². The average molecular weight is 439 g/mol. The lowest BCUT2D eigenvalue weighted by Crippen LogP contribution is -2.34. The molecule has 3 heterocycles. The maximum absolute atomic E-state index is 11.3. The van der Waals surface area contributed by atoms with Crippen molar-refractivity contribution >= 4 is 11.9 Å². The van der Waals surface area contributed by atoms with Gasteiger partial charge in [-0.05, 0) is 50.4 Å². The van der Waals surface area contributed by atoms with Crippen molar-refractivity contribution < 1.29 is 12.4 Å². The third-order valence-corrected chi connectivity index (χ3v) is 5.01. The minimum Gasteiger partial charge on any atom is -0.474 e. The van der Waals surface area contributed by atoms with Crippen LogP contribution in [0.5, 0.6) is 5.88 Å². The molecule has 1 aliphatic rings. The molecule has 174 valence electrons. The molecule has 2 aromatic heterocycles. The predicted molar refractivity (Wildman–Crippen MR) is 135 cm³/mol. The Kier molecular flexibility index (Phi) is 10.9. The number of aromatic amines is 1. The van der Waals surface area contributed by atoms with Crippen LogP contribution in [0.4, 0.5) is 0 Å². The normalized spacial score (nSPS) is 14.9. The SMILES string of the molecule is C=C\C=C/C(/C=C/c1cn[nH]c1C(C)=O)=C\C.CCc1ccc(OC2CCNCC2)nc1.[HH].[HH]. The van der Waals surface area contributed by atoms with Gasteiger partial charge in [-0.15, -0.1) is 0 Å². The highest BCUT2D eigenvalue weighted by atomic mass is 16.5. The zero-order chi connectivity index (χ0) is 23.2. The summed E-state index contributed by atoms with van der Waals surface area (Å²) in [6.07, 6.45) is 18.4. The number of ether oxygens (including phenoxy) is 1. The first-order valence-electron chi connectivity index (χ1n) is 11.1. The molecule has 0 unspecified atom stereocenters. The number of pyridine rings is 1. The average Bonchev–Trinajstić information content (AvgIpc) is 3.30. The molecule has 2 N–H and O–H groups in total. The second-order valence-electron chi connectivity index (χ2n) is 7.40. The maximum Gasteiger partial charge on any atom is 0.213 e. The monoisotopic (exact) mass is 438 g/mol. The smallest absolute Gasteiger partial charge is 0.213 e. The van der Waals surface area contributed by atoms with Crippen LogP contribution in [0.25, 0.3) is 6.08 Å². The van der Waals surface area contributed by atoms with E-state index < -0.39 is 0 Å². The number of H-pyrrole nitrogens is 1. The van der Waals surface area contributed by atoms with Gasteiger partial charge in [-0.25, -0.2) is 4.98 Å². The molecule has 0 radical (unpaired) electrons. The van der Waals surface area contributed by atoms with Gasteiger partial charge in [0.2, 0.25) is 5.88 Å². The highest BCUT2D eigenvalue weighted by Crippen LogP contribution is 2.14. The van der Waals surface area contributed by atoms with E-state index >= 15 is 0 Å². The molecule has 0 spiro atoms. The summed E-state index contributed by atoms with van der Waals surface area (Å²) in [6.45, 7) is 11.3. The van der Waals surface area contributed by atoms with Gasteiger partial charge in [-0.2, -0.15) is 5.10 Å². The quantitative estimate of drug-likeness (QED) is 0.415.